The highest BCUT2D eigenvalue weighted by atomic mass is 16.2. The minimum Gasteiger partial charge on any atom is -0.338 e. The van der Waals surface area contributed by atoms with E-state index in [0.29, 0.717) is 12.1 Å². The molecule has 1 aromatic carbocycles. The van der Waals surface area contributed by atoms with Crippen LogP contribution in [0.2, 0.25) is 0 Å². The Morgan fingerprint density at radius 3 is 2.96 bits per heavy atom. The zero-order chi connectivity index (χ0) is 16.5. The lowest BCUT2D eigenvalue weighted by molar-refractivity contribution is -0.130. The van der Waals surface area contributed by atoms with Crippen molar-refractivity contribution in [2.24, 2.45) is 0 Å². The molecular formula is C20H25N3O. The SMILES string of the molecule is CC(=O)N(C[C@@H]1CCCN1Cc1ccc2ncccc2c1)C1CC1. The van der Waals surface area contributed by atoms with E-state index in [1.54, 1.807) is 6.92 Å². The lowest BCUT2D eigenvalue weighted by Crippen LogP contribution is -2.43. The van der Waals surface area contributed by atoms with Gasteiger partial charge in [-0.3, -0.25) is 14.7 Å². The predicted molar refractivity (Wildman–Crippen MR) is 95.6 cm³/mol. The molecule has 2 aliphatic rings. The zero-order valence-electron chi connectivity index (χ0n) is 14.3. The number of hydrogen-bond acceptors (Lipinski definition) is 3. The normalized spacial score (nSPS) is 21.3. The summed E-state index contributed by atoms with van der Waals surface area (Å²) in [5.74, 6) is 0.237. The first kappa shape index (κ1) is 15.6. The number of likely N-dealkylation sites (tertiary alicyclic amines) is 1. The number of hydrogen-bond donors (Lipinski definition) is 0. The van der Waals surface area contributed by atoms with Crippen LogP contribution in [-0.4, -0.2) is 45.9 Å². The highest BCUT2D eigenvalue weighted by Gasteiger charge is 2.35. The number of fused-ring (bicyclic) bond motifs is 1. The van der Waals surface area contributed by atoms with E-state index in [0.717, 1.165) is 25.2 Å². The Bertz CT molecular complexity index is 740. The molecule has 4 nitrogen and oxygen atoms in total. The molecule has 0 radical (unpaired) electrons. The second kappa shape index (κ2) is 6.52. The molecule has 1 amide bonds. The topological polar surface area (TPSA) is 36.4 Å². The van der Waals surface area contributed by atoms with Gasteiger partial charge in [-0.05, 0) is 56.0 Å². The van der Waals surface area contributed by atoms with Gasteiger partial charge in [-0.15, -0.1) is 0 Å². The number of rotatable bonds is 5. The van der Waals surface area contributed by atoms with Crippen LogP contribution in [0.5, 0.6) is 0 Å². The van der Waals surface area contributed by atoms with Crippen LogP contribution in [0.25, 0.3) is 10.9 Å². The Morgan fingerprint density at radius 1 is 1.29 bits per heavy atom. The van der Waals surface area contributed by atoms with Crippen molar-refractivity contribution in [3.63, 3.8) is 0 Å². The molecule has 0 spiro atoms. The lowest BCUT2D eigenvalue weighted by Gasteiger charge is -2.30. The number of carbonyl (C=O) groups excluding carboxylic acids is 1. The molecule has 2 aromatic rings. The third-order valence-electron chi connectivity index (χ3n) is 5.35. The smallest absolute Gasteiger partial charge is 0.219 e. The van der Waals surface area contributed by atoms with Crippen molar-refractivity contribution in [1.29, 1.82) is 0 Å². The molecule has 1 aromatic heterocycles. The summed E-state index contributed by atoms with van der Waals surface area (Å²) in [6.07, 6.45) is 6.64. The number of pyridine rings is 1. The van der Waals surface area contributed by atoms with E-state index < -0.39 is 0 Å². The van der Waals surface area contributed by atoms with Gasteiger partial charge in [0.05, 0.1) is 5.52 Å². The minimum absolute atomic E-state index is 0.237. The van der Waals surface area contributed by atoms with Crippen molar-refractivity contribution < 1.29 is 4.79 Å². The van der Waals surface area contributed by atoms with E-state index in [9.17, 15) is 4.79 Å². The molecule has 4 rings (SSSR count). The molecule has 1 atom stereocenters. The first-order chi connectivity index (χ1) is 11.7. The van der Waals surface area contributed by atoms with E-state index in [4.69, 9.17) is 0 Å². The van der Waals surface area contributed by atoms with Crippen molar-refractivity contribution in [1.82, 2.24) is 14.8 Å². The molecule has 1 aliphatic carbocycles. The summed E-state index contributed by atoms with van der Waals surface area (Å²) in [5.41, 5.74) is 2.39. The zero-order valence-corrected chi connectivity index (χ0v) is 14.3. The maximum Gasteiger partial charge on any atom is 0.219 e. The van der Waals surface area contributed by atoms with Gasteiger partial charge in [0.15, 0.2) is 0 Å². The lowest BCUT2D eigenvalue weighted by atomic mass is 10.1. The molecule has 2 heterocycles. The summed E-state index contributed by atoms with van der Waals surface area (Å²) in [6.45, 7) is 4.71. The van der Waals surface area contributed by atoms with Crippen molar-refractivity contribution in [2.45, 2.75) is 51.2 Å². The van der Waals surface area contributed by atoms with Crippen molar-refractivity contribution >= 4 is 16.8 Å². The van der Waals surface area contributed by atoms with Crippen molar-refractivity contribution in [2.75, 3.05) is 13.1 Å². The molecule has 0 unspecified atom stereocenters. The van der Waals surface area contributed by atoms with E-state index in [2.05, 4.69) is 39.0 Å². The second-order valence-corrected chi connectivity index (χ2v) is 7.20. The summed E-state index contributed by atoms with van der Waals surface area (Å²) >= 11 is 0. The van der Waals surface area contributed by atoms with Crippen molar-refractivity contribution in [3.8, 4) is 0 Å². The van der Waals surface area contributed by atoms with E-state index >= 15 is 0 Å². The third kappa shape index (κ3) is 3.29. The number of amides is 1. The largest absolute Gasteiger partial charge is 0.338 e. The molecule has 1 saturated carbocycles. The summed E-state index contributed by atoms with van der Waals surface area (Å²) in [4.78, 5) is 21.0. The van der Waals surface area contributed by atoms with Gasteiger partial charge < -0.3 is 4.90 Å². The molecule has 0 bridgehead atoms. The van der Waals surface area contributed by atoms with E-state index in [1.165, 1.54) is 36.6 Å². The van der Waals surface area contributed by atoms with Gasteiger partial charge in [-0.25, -0.2) is 0 Å². The van der Waals surface area contributed by atoms with Gasteiger partial charge in [0.25, 0.3) is 0 Å². The van der Waals surface area contributed by atoms with Crippen LogP contribution in [0.4, 0.5) is 0 Å². The van der Waals surface area contributed by atoms with Gasteiger partial charge in [0, 0.05) is 43.7 Å². The summed E-state index contributed by atoms with van der Waals surface area (Å²) < 4.78 is 0. The second-order valence-electron chi connectivity index (χ2n) is 7.20. The quantitative estimate of drug-likeness (QED) is 0.848. The van der Waals surface area contributed by atoms with Crippen molar-refractivity contribution in [3.05, 3.63) is 42.1 Å². The standard InChI is InChI=1S/C20H25N3O/c1-15(24)23(18-7-8-18)14-19-5-3-11-22(19)13-16-6-9-20-17(12-16)4-2-10-21-20/h2,4,6,9-10,12,18-19H,3,5,7-8,11,13-14H2,1H3/t19-/m0/s1. The van der Waals surface area contributed by atoms with Crippen LogP contribution in [0.15, 0.2) is 36.5 Å². The summed E-state index contributed by atoms with van der Waals surface area (Å²) in [5, 5.41) is 1.20. The van der Waals surface area contributed by atoms with Crippen LogP contribution in [0, 0.1) is 0 Å². The van der Waals surface area contributed by atoms with Gasteiger partial charge in [0.1, 0.15) is 0 Å². The Kier molecular flexibility index (Phi) is 4.23. The molecule has 0 N–H and O–H groups in total. The molecule has 1 aliphatic heterocycles. The average Bonchev–Trinajstić information content (AvgIpc) is 3.33. The molecule has 126 valence electrons. The first-order valence-corrected chi connectivity index (χ1v) is 9.05. The molecular weight excluding hydrogens is 298 g/mol. The Labute approximate surface area is 143 Å². The summed E-state index contributed by atoms with van der Waals surface area (Å²) in [7, 11) is 0. The van der Waals surface area contributed by atoms with Gasteiger partial charge >= 0.3 is 0 Å². The minimum atomic E-state index is 0.237. The number of carbonyl (C=O) groups is 1. The average molecular weight is 323 g/mol. The van der Waals surface area contributed by atoms with Gasteiger partial charge in [-0.2, -0.15) is 0 Å². The highest BCUT2D eigenvalue weighted by molar-refractivity contribution is 5.78. The fraction of sp³-hybridized carbons (Fsp3) is 0.500. The fourth-order valence-electron chi connectivity index (χ4n) is 3.92. The first-order valence-electron chi connectivity index (χ1n) is 9.05. The van der Waals surface area contributed by atoms with Crippen LogP contribution < -0.4 is 0 Å². The van der Waals surface area contributed by atoms with Crippen LogP contribution in [0.3, 0.4) is 0 Å². The Morgan fingerprint density at radius 2 is 2.17 bits per heavy atom. The molecule has 24 heavy (non-hydrogen) atoms. The maximum absolute atomic E-state index is 11.9. The third-order valence-corrected chi connectivity index (χ3v) is 5.35. The predicted octanol–water partition coefficient (Wildman–Crippen LogP) is 3.21. The Hall–Kier alpha value is -1.94. The number of nitrogens with zero attached hydrogens (tertiary/aromatic N) is 3. The van der Waals surface area contributed by atoms with Crippen LogP contribution in [0.1, 0.15) is 38.2 Å². The van der Waals surface area contributed by atoms with Gasteiger partial charge in [-0.1, -0.05) is 12.1 Å². The van der Waals surface area contributed by atoms with Crippen LogP contribution >= 0.6 is 0 Å². The Balaban J connectivity index is 1.46. The number of aromatic nitrogens is 1. The van der Waals surface area contributed by atoms with E-state index in [1.807, 2.05) is 12.3 Å². The fourth-order valence-corrected chi connectivity index (χ4v) is 3.92. The molecule has 4 heteroatoms. The van der Waals surface area contributed by atoms with E-state index in [-0.39, 0.29) is 5.91 Å². The summed E-state index contributed by atoms with van der Waals surface area (Å²) in [6, 6.07) is 11.7. The monoisotopic (exact) mass is 323 g/mol. The molecule has 1 saturated heterocycles. The number of benzene rings is 1. The highest BCUT2D eigenvalue weighted by Crippen LogP contribution is 2.30. The van der Waals surface area contributed by atoms with Gasteiger partial charge in [0.2, 0.25) is 5.91 Å². The maximum atomic E-state index is 11.9. The van der Waals surface area contributed by atoms with Crippen LogP contribution in [-0.2, 0) is 11.3 Å². The molecule has 2 fully saturated rings.